The minimum atomic E-state index is -3.59. The molecule has 0 saturated heterocycles. The summed E-state index contributed by atoms with van der Waals surface area (Å²) in [5, 5.41) is 1.05. The second kappa shape index (κ2) is 7.62. The first kappa shape index (κ1) is 19.3. The molecule has 0 radical (unpaired) electrons. The van der Waals surface area contributed by atoms with Gasteiger partial charge in [-0.05, 0) is 67.8 Å². The summed E-state index contributed by atoms with van der Waals surface area (Å²) in [6.45, 7) is 4.05. The van der Waals surface area contributed by atoms with Crippen molar-refractivity contribution in [3.8, 4) is 11.5 Å². The smallest absolute Gasteiger partial charge is 0.240 e. The normalized spacial score (nSPS) is 11.7. The number of methoxy groups -OCH3 is 2. The van der Waals surface area contributed by atoms with Crippen LogP contribution in [0, 0.1) is 13.8 Å². The Labute approximate surface area is 159 Å². The molecule has 0 atom stereocenters. The number of benzene rings is 2. The summed E-state index contributed by atoms with van der Waals surface area (Å²) in [5.74, 6) is 1.41. The molecule has 6 nitrogen and oxygen atoms in total. The zero-order valence-electron chi connectivity index (χ0n) is 15.9. The molecule has 1 heterocycles. The van der Waals surface area contributed by atoms with Crippen LogP contribution in [0.2, 0.25) is 0 Å². The van der Waals surface area contributed by atoms with Gasteiger partial charge in [0.2, 0.25) is 10.0 Å². The maximum atomic E-state index is 12.7. The molecule has 0 unspecified atom stereocenters. The van der Waals surface area contributed by atoms with Crippen molar-refractivity contribution in [1.29, 1.82) is 0 Å². The Hall–Kier alpha value is -2.51. The third-order valence-corrected chi connectivity index (χ3v) is 6.29. The van der Waals surface area contributed by atoms with Gasteiger partial charge in [0, 0.05) is 23.1 Å². The van der Waals surface area contributed by atoms with Gasteiger partial charge in [-0.1, -0.05) is 0 Å². The Kier molecular flexibility index (Phi) is 5.43. The van der Waals surface area contributed by atoms with E-state index < -0.39 is 10.0 Å². The average Bonchev–Trinajstić information content (AvgIpc) is 2.95. The van der Waals surface area contributed by atoms with Crippen LogP contribution < -0.4 is 14.2 Å². The predicted octanol–water partition coefficient (Wildman–Crippen LogP) is 3.32. The van der Waals surface area contributed by atoms with Crippen LogP contribution in [0.3, 0.4) is 0 Å². The summed E-state index contributed by atoms with van der Waals surface area (Å²) in [5.41, 5.74) is 3.77. The Bertz CT molecular complexity index is 1070. The maximum absolute atomic E-state index is 12.7. The first-order valence-electron chi connectivity index (χ1n) is 8.65. The SMILES string of the molecule is COc1ccc(S(=O)(=O)NCCc2c(C)[nH]c3ccc(OC)cc23)c(C)c1. The topological polar surface area (TPSA) is 80.4 Å². The van der Waals surface area contributed by atoms with Gasteiger partial charge in [-0.2, -0.15) is 0 Å². The molecule has 0 aliphatic carbocycles. The van der Waals surface area contributed by atoms with Crippen LogP contribution >= 0.6 is 0 Å². The van der Waals surface area contributed by atoms with Gasteiger partial charge in [0.05, 0.1) is 19.1 Å². The summed E-state index contributed by atoms with van der Waals surface area (Å²) in [4.78, 5) is 3.60. The molecule has 1 aromatic heterocycles. The highest BCUT2D eigenvalue weighted by Crippen LogP contribution is 2.27. The fourth-order valence-electron chi connectivity index (χ4n) is 3.25. The molecular formula is C20H24N2O4S. The monoisotopic (exact) mass is 388 g/mol. The first-order chi connectivity index (χ1) is 12.9. The van der Waals surface area contributed by atoms with Crippen LogP contribution in [0.4, 0.5) is 0 Å². The van der Waals surface area contributed by atoms with E-state index in [1.165, 1.54) is 0 Å². The van der Waals surface area contributed by atoms with Crippen molar-refractivity contribution < 1.29 is 17.9 Å². The molecule has 7 heteroatoms. The van der Waals surface area contributed by atoms with Gasteiger partial charge in [-0.15, -0.1) is 0 Å². The lowest BCUT2D eigenvalue weighted by atomic mass is 10.1. The second-order valence-corrected chi connectivity index (χ2v) is 8.15. The lowest BCUT2D eigenvalue weighted by molar-refractivity contribution is 0.414. The molecule has 0 amide bonds. The number of hydrogen-bond acceptors (Lipinski definition) is 4. The van der Waals surface area contributed by atoms with E-state index in [1.807, 2.05) is 25.1 Å². The van der Waals surface area contributed by atoms with E-state index in [9.17, 15) is 8.42 Å². The van der Waals surface area contributed by atoms with Crippen molar-refractivity contribution in [2.75, 3.05) is 20.8 Å². The molecule has 0 saturated carbocycles. The van der Waals surface area contributed by atoms with E-state index >= 15 is 0 Å². The first-order valence-corrected chi connectivity index (χ1v) is 10.1. The van der Waals surface area contributed by atoms with E-state index in [0.29, 0.717) is 24.3 Å². The molecule has 2 N–H and O–H groups in total. The molecule has 0 aliphatic heterocycles. The Morgan fingerprint density at radius 1 is 1.00 bits per heavy atom. The van der Waals surface area contributed by atoms with Gasteiger partial charge < -0.3 is 14.5 Å². The number of aromatic nitrogens is 1. The highest BCUT2D eigenvalue weighted by molar-refractivity contribution is 7.89. The van der Waals surface area contributed by atoms with Crippen molar-refractivity contribution >= 4 is 20.9 Å². The molecule has 3 rings (SSSR count). The van der Waals surface area contributed by atoms with Crippen LogP contribution in [0.5, 0.6) is 11.5 Å². The zero-order valence-corrected chi connectivity index (χ0v) is 16.7. The fraction of sp³-hybridized carbons (Fsp3) is 0.300. The molecule has 0 spiro atoms. The van der Waals surface area contributed by atoms with Gasteiger partial charge in [-0.3, -0.25) is 0 Å². The predicted molar refractivity (Wildman–Crippen MR) is 106 cm³/mol. The van der Waals surface area contributed by atoms with Crippen LogP contribution in [0.15, 0.2) is 41.3 Å². The van der Waals surface area contributed by atoms with Gasteiger partial charge in [0.15, 0.2) is 0 Å². The standard InChI is InChI=1S/C20H24N2O4S/c1-13-11-15(25-3)6-8-20(13)27(23,24)21-10-9-17-14(2)22-19-7-5-16(26-4)12-18(17)19/h5-8,11-12,21-22H,9-10H2,1-4H3. The molecule has 0 fully saturated rings. The third-order valence-electron chi connectivity index (χ3n) is 4.67. The van der Waals surface area contributed by atoms with Crippen molar-refractivity contribution in [1.82, 2.24) is 9.71 Å². The molecule has 0 bridgehead atoms. The van der Waals surface area contributed by atoms with E-state index in [0.717, 1.165) is 27.9 Å². The number of fused-ring (bicyclic) bond motifs is 1. The van der Waals surface area contributed by atoms with Gasteiger partial charge in [-0.25, -0.2) is 13.1 Å². The zero-order chi connectivity index (χ0) is 19.6. The molecule has 3 aromatic rings. The van der Waals surface area contributed by atoms with Crippen LogP contribution in [0.25, 0.3) is 10.9 Å². The number of rotatable bonds is 7. The van der Waals surface area contributed by atoms with Gasteiger partial charge in [0.25, 0.3) is 0 Å². The molecule has 27 heavy (non-hydrogen) atoms. The molecule has 0 aliphatic rings. The average molecular weight is 388 g/mol. The Morgan fingerprint density at radius 2 is 1.67 bits per heavy atom. The fourth-order valence-corrected chi connectivity index (χ4v) is 4.51. The maximum Gasteiger partial charge on any atom is 0.240 e. The number of hydrogen-bond donors (Lipinski definition) is 2. The highest BCUT2D eigenvalue weighted by Gasteiger charge is 2.17. The van der Waals surface area contributed by atoms with E-state index in [4.69, 9.17) is 9.47 Å². The summed E-state index contributed by atoms with van der Waals surface area (Å²) < 4.78 is 38.4. The summed E-state index contributed by atoms with van der Waals surface area (Å²) in [6, 6.07) is 10.8. The van der Waals surface area contributed by atoms with Gasteiger partial charge in [0.1, 0.15) is 11.5 Å². The van der Waals surface area contributed by atoms with Crippen LogP contribution in [-0.4, -0.2) is 34.2 Å². The number of sulfonamides is 1. The van der Waals surface area contributed by atoms with Crippen molar-refractivity contribution in [3.05, 3.63) is 53.2 Å². The van der Waals surface area contributed by atoms with Crippen molar-refractivity contribution in [3.63, 3.8) is 0 Å². The van der Waals surface area contributed by atoms with Crippen LogP contribution in [-0.2, 0) is 16.4 Å². The quantitative estimate of drug-likeness (QED) is 0.651. The number of H-pyrrole nitrogens is 1. The number of aryl methyl sites for hydroxylation is 2. The van der Waals surface area contributed by atoms with Crippen LogP contribution in [0.1, 0.15) is 16.8 Å². The summed E-state index contributed by atoms with van der Waals surface area (Å²) in [6.07, 6.45) is 0.577. The Balaban J connectivity index is 1.78. The molecule has 2 aromatic carbocycles. The highest BCUT2D eigenvalue weighted by atomic mass is 32.2. The summed E-state index contributed by atoms with van der Waals surface area (Å²) >= 11 is 0. The second-order valence-electron chi connectivity index (χ2n) is 6.42. The minimum absolute atomic E-state index is 0.264. The molecular weight excluding hydrogens is 364 g/mol. The summed E-state index contributed by atoms with van der Waals surface area (Å²) in [7, 11) is -0.403. The van der Waals surface area contributed by atoms with Crippen molar-refractivity contribution in [2.24, 2.45) is 0 Å². The largest absolute Gasteiger partial charge is 0.497 e. The van der Waals surface area contributed by atoms with Crippen molar-refractivity contribution in [2.45, 2.75) is 25.2 Å². The minimum Gasteiger partial charge on any atom is -0.497 e. The Morgan fingerprint density at radius 3 is 2.33 bits per heavy atom. The third kappa shape index (κ3) is 3.94. The molecule has 144 valence electrons. The van der Waals surface area contributed by atoms with E-state index in [2.05, 4.69) is 9.71 Å². The van der Waals surface area contributed by atoms with Gasteiger partial charge >= 0.3 is 0 Å². The number of ether oxygens (including phenoxy) is 2. The number of aromatic amines is 1. The lowest BCUT2D eigenvalue weighted by Crippen LogP contribution is -2.26. The van der Waals surface area contributed by atoms with E-state index in [-0.39, 0.29) is 4.90 Å². The lowest BCUT2D eigenvalue weighted by Gasteiger charge is -2.11. The van der Waals surface area contributed by atoms with E-state index in [1.54, 1.807) is 39.3 Å². The number of nitrogens with one attached hydrogen (secondary N) is 2.